The van der Waals surface area contributed by atoms with Crippen LogP contribution in [0.15, 0.2) is 114 Å². The number of anilines is 1. The predicted molar refractivity (Wildman–Crippen MR) is 168 cm³/mol. The third kappa shape index (κ3) is 8.02. The zero-order valence-corrected chi connectivity index (χ0v) is 25.5. The number of likely N-dealkylation sites (N-methyl/N-ethyl adjacent to an activating group) is 1. The van der Waals surface area contributed by atoms with Crippen LogP contribution in [0.2, 0.25) is 0 Å². The molecule has 0 heterocycles. The second-order valence-corrected chi connectivity index (χ2v) is 12.0. The largest absolute Gasteiger partial charge is 0.497 e. The van der Waals surface area contributed by atoms with Gasteiger partial charge in [-0.1, -0.05) is 78.4 Å². The Bertz CT molecular complexity index is 1590. The van der Waals surface area contributed by atoms with Crippen LogP contribution < -0.4 is 14.4 Å². The number of carbonyl (C=O) groups is 2. The van der Waals surface area contributed by atoms with Gasteiger partial charge < -0.3 is 15.0 Å². The molecular formula is C34H37N3O5S. The molecule has 0 spiro atoms. The van der Waals surface area contributed by atoms with Gasteiger partial charge in [0.1, 0.15) is 18.3 Å². The summed E-state index contributed by atoms with van der Waals surface area (Å²) in [6, 6.07) is 30.9. The van der Waals surface area contributed by atoms with E-state index in [1.165, 1.54) is 24.1 Å². The first kappa shape index (κ1) is 31.3. The molecule has 1 N–H and O–H groups in total. The zero-order valence-electron chi connectivity index (χ0n) is 24.6. The van der Waals surface area contributed by atoms with Crippen molar-refractivity contribution in [3.63, 3.8) is 0 Å². The van der Waals surface area contributed by atoms with Gasteiger partial charge >= 0.3 is 0 Å². The molecule has 1 atom stereocenters. The molecule has 0 saturated heterocycles. The van der Waals surface area contributed by atoms with Gasteiger partial charge in [0.15, 0.2) is 0 Å². The zero-order chi connectivity index (χ0) is 30.8. The summed E-state index contributed by atoms with van der Waals surface area (Å²) in [5.41, 5.74) is 2.98. The van der Waals surface area contributed by atoms with Gasteiger partial charge in [-0.25, -0.2) is 8.42 Å². The Morgan fingerprint density at radius 1 is 0.814 bits per heavy atom. The average molecular weight is 600 g/mol. The summed E-state index contributed by atoms with van der Waals surface area (Å²) >= 11 is 0. The lowest BCUT2D eigenvalue weighted by molar-refractivity contribution is -0.140. The average Bonchev–Trinajstić information content (AvgIpc) is 3.03. The monoisotopic (exact) mass is 599 g/mol. The molecule has 43 heavy (non-hydrogen) atoms. The van der Waals surface area contributed by atoms with Crippen LogP contribution in [0, 0.1) is 6.92 Å². The fraction of sp³-hybridized carbons (Fsp3) is 0.235. The third-order valence-electron chi connectivity index (χ3n) is 7.07. The van der Waals surface area contributed by atoms with E-state index in [1.54, 1.807) is 36.4 Å². The molecule has 0 aliphatic rings. The molecule has 4 rings (SSSR count). The van der Waals surface area contributed by atoms with Crippen molar-refractivity contribution in [2.24, 2.45) is 0 Å². The number of hydrogen-bond acceptors (Lipinski definition) is 5. The van der Waals surface area contributed by atoms with Gasteiger partial charge in [-0.3, -0.25) is 13.9 Å². The van der Waals surface area contributed by atoms with Crippen molar-refractivity contribution in [1.29, 1.82) is 0 Å². The summed E-state index contributed by atoms with van der Waals surface area (Å²) in [5.74, 6) is -0.305. The summed E-state index contributed by atoms with van der Waals surface area (Å²) < 4.78 is 34.4. The molecule has 0 fully saturated rings. The number of benzene rings is 4. The standard InChI is InChI=1S/C34H37N3O5S/c1-4-35-34(39)32(23-27-11-7-5-8-12-27)36(24-28-13-9-6-10-14-28)33(38)25-37(29-17-15-26(2)16-18-29)43(40,41)31-21-19-30(42-3)20-22-31/h5-22,32H,4,23-25H2,1-3H3,(H,35,39). The summed E-state index contributed by atoms with van der Waals surface area (Å²) in [5, 5.41) is 2.87. The molecule has 8 nitrogen and oxygen atoms in total. The van der Waals surface area contributed by atoms with Crippen LogP contribution in [0.5, 0.6) is 5.75 Å². The van der Waals surface area contributed by atoms with Gasteiger partial charge in [-0.15, -0.1) is 0 Å². The number of hydrogen-bond donors (Lipinski definition) is 1. The van der Waals surface area contributed by atoms with E-state index in [2.05, 4.69) is 5.32 Å². The Kier molecular flexibility index (Phi) is 10.6. The maximum Gasteiger partial charge on any atom is 0.264 e. The second kappa shape index (κ2) is 14.5. The molecule has 1 unspecified atom stereocenters. The number of aryl methyl sites for hydroxylation is 1. The normalized spacial score (nSPS) is 11.8. The van der Waals surface area contributed by atoms with Crippen molar-refractivity contribution < 1.29 is 22.7 Å². The summed E-state index contributed by atoms with van der Waals surface area (Å²) in [6.07, 6.45) is 0.265. The minimum Gasteiger partial charge on any atom is -0.497 e. The fourth-order valence-electron chi connectivity index (χ4n) is 4.74. The van der Waals surface area contributed by atoms with Gasteiger partial charge in [-0.2, -0.15) is 0 Å². The van der Waals surface area contributed by atoms with E-state index in [0.717, 1.165) is 21.0 Å². The highest BCUT2D eigenvalue weighted by Crippen LogP contribution is 2.26. The molecule has 0 saturated carbocycles. The third-order valence-corrected chi connectivity index (χ3v) is 8.85. The quantitative estimate of drug-likeness (QED) is 0.234. The first-order valence-corrected chi connectivity index (χ1v) is 15.6. The van der Waals surface area contributed by atoms with Crippen molar-refractivity contribution in [3.8, 4) is 5.75 Å². The molecule has 224 valence electrons. The number of methoxy groups -OCH3 is 1. The minimum absolute atomic E-state index is 0.0147. The maximum absolute atomic E-state index is 14.3. The number of amides is 2. The summed E-state index contributed by atoms with van der Waals surface area (Å²) in [6.45, 7) is 3.73. The topological polar surface area (TPSA) is 96.0 Å². The van der Waals surface area contributed by atoms with Crippen molar-refractivity contribution >= 4 is 27.5 Å². The van der Waals surface area contributed by atoms with Crippen LogP contribution in [0.4, 0.5) is 5.69 Å². The van der Waals surface area contributed by atoms with Crippen molar-refractivity contribution in [3.05, 3.63) is 126 Å². The number of nitrogens with one attached hydrogen (secondary N) is 1. The van der Waals surface area contributed by atoms with Crippen LogP contribution in [-0.2, 0) is 32.6 Å². The molecule has 0 aliphatic heterocycles. The number of carbonyl (C=O) groups excluding carboxylic acids is 2. The van der Waals surface area contributed by atoms with Crippen molar-refractivity contribution in [2.75, 3.05) is 24.5 Å². The highest BCUT2D eigenvalue weighted by Gasteiger charge is 2.34. The van der Waals surface area contributed by atoms with Gasteiger partial charge in [0.05, 0.1) is 17.7 Å². The SMILES string of the molecule is CCNC(=O)C(Cc1ccccc1)N(Cc1ccccc1)C(=O)CN(c1ccc(C)cc1)S(=O)(=O)c1ccc(OC)cc1. The molecular weight excluding hydrogens is 562 g/mol. The first-order valence-electron chi connectivity index (χ1n) is 14.1. The molecule has 0 bridgehead atoms. The summed E-state index contributed by atoms with van der Waals surface area (Å²) in [7, 11) is -2.68. The van der Waals surface area contributed by atoms with Gasteiger partial charge in [0.2, 0.25) is 11.8 Å². The highest BCUT2D eigenvalue weighted by atomic mass is 32.2. The molecule has 4 aromatic carbocycles. The van der Waals surface area contributed by atoms with E-state index < -0.39 is 28.5 Å². The van der Waals surface area contributed by atoms with E-state index in [9.17, 15) is 18.0 Å². The Labute approximate surface area is 254 Å². The lowest BCUT2D eigenvalue weighted by Crippen LogP contribution is -2.53. The fourth-order valence-corrected chi connectivity index (χ4v) is 6.15. The van der Waals surface area contributed by atoms with Crippen molar-refractivity contribution in [2.45, 2.75) is 37.8 Å². The van der Waals surface area contributed by atoms with E-state index in [0.29, 0.717) is 18.0 Å². The number of nitrogens with zero attached hydrogens (tertiary/aromatic N) is 2. The van der Waals surface area contributed by atoms with E-state index in [4.69, 9.17) is 4.74 Å². The Morgan fingerprint density at radius 2 is 1.40 bits per heavy atom. The molecule has 2 amide bonds. The van der Waals surface area contributed by atoms with Crippen LogP contribution in [-0.4, -0.2) is 51.4 Å². The van der Waals surface area contributed by atoms with Crippen LogP contribution >= 0.6 is 0 Å². The lowest BCUT2D eigenvalue weighted by Gasteiger charge is -2.33. The van der Waals surface area contributed by atoms with Crippen molar-refractivity contribution in [1.82, 2.24) is 10.2 Å². The second-order valence-electron chi connectivity index (χ2n) is 10.1. The molecule has 0 aromatic heterocycles. The van der Waals surface area contributed by atoms with Gasteiger partial charge in [-0.05, 0) is 61.4 Å². The minimum atomic E-state index is -4.18. The number of ether oxygens (including phenoxy) is 1. The van der Waals surface area contributed by atoms with Gasteiger partial charge in [0.25, 0.3) is 10.0 Å². The predicted octanol–water partition coefficient (Wildman–Crippen LogP) is 4.98. The van der Waals surface area contributed by atoms with Crippen LogP contribution in [0.3, 0.4) is 0 Å². The Morgan fingerprint density at radius 3 is 1.95 bits per heavy atom. The number of rotatable bonds is 13. The molecule has 0 radical (unpaired) electrons. The Balaban J connectivity index is 1.77. The smallest absolute Gasteiger partial charge is 0.264 e. The maximum atomic E-state index is 14.3. The van der Waals surface area contributed by atoms with E-state index in [1.807, 2.05) is 74.5 Å². The van der Waals surface area contributed by atoms with Gasteiger partial charge in [0, 0.05) is 19.5 Å². The number of sulfonamides is 1. The van der Waals surface area contributed by atoms with E-state index >= 15 is 0 Å². The molecule has 0 aliphatic carbocycles. The van der Waals surface area contributed by atoms with E-state index in [-0.39, 0.29) is 23.8 Å². The summed E-state index contributed by atoms with van der Waals surface area (Å²) in [4.78, 5) is 29.3. The van der Waals surface area contributed by atoms with Crippen LogP contribution in [0.1, 0.15) is 23.6 Å². The molecule has 4 aromatic rings. The molecule has 9 heteroatoms. The Hall–Kier alpha value is -4.63. The lowest BCUT2D eigenvalue weighted by atomic mass is 10.0. The van der Waals surface area contributed by atoms with Crippen LogP contribution in [0.25, 0.3) is 0 Å². The first-order chi connectivity index (χ1) is 20.7. The highest BCUT2D eigenvalue weighted by molar-refractivity contribution is 7.92.